The van der Waals surface area contributed by atoms with E-state index in [0.717, 1.165) is 6.04 Å². The molecule has 0 aliphatic carbocycles. The fourth-order valence-electron chi connectivity index (χ4n) is 2.82. The molecule has 0 fully saturated rings. The molecule has 0 aliphatic heterocycles. The summed E-state index contributed by atoms with van der Waals surface area (Å²) in [5.74, 6) is 0. The lowest BCUT2D eigenvalue weighted by Gasteiger charge is -2.31. The normalized spacial score (nSPS) is 13.4. The van der Waals surface area contributed by atoms with Crippen LogP contribution in [0.15, 0.2) is 0 Å². The Labute approximate surface area is 122 Å². The van der Waals surface area contributed by atoms with Crippen LogP contribution in [0.3, 0.4) is 0 Å². The van der Waals surface area contributed by atoms with Crippen molar-refractivity contribution < 1.29 is 0 Å². The molecule has 0 rings (SSSR count). The van der Waals surface area contributed by atoms with Crippen LogP contribution in [0.4, 0.5) is 0 Å². The van der Waals surface area contributed by atoms with Gasteiger partial charge in [0.2, 0.25) is 0 Å². The Kier molecular flexibility index (Phi) is 12.9. The monoisotopic (exact) mass is 270 g/mol. The quantitative estimate of drug-likeness (QED) is 0.489. The van der Waals surface area contributed by atoms with Crippen LogP contribution < -0.4 is 0 Å². The molecule has 0 aliphatic rings. The standard InChI is InChI=1S/C17H38N2/c1-6-11-14-18(15-12-7-2)16-13-17(8-3)19(9-4)10-5/h17H,6-16H2,1-5H3. The zero-order chi connectivity index (χ0) is 14.5. The van der Waals surface area contributed by atoms with Crippen LogP contribution in [0, 0.1) is 0 Å². The second-order valence-corrected chi connectivity index (χ2v) is 5.62. The van der Waals surface area contributed by atoms with Crippen molar-refractivity contribution in [3.8, 4) is 0 Å². The highest BCUT2D eigenvalue weighted by molar-refractivity contribution is 4.71. The predicted octanol–water partition coefficient (Wildman–Crippen LogP) is 4.40. The van der Waals surface area contributed by atoms with E-state index in [1.165, 1.54) is 71.2 Å². The second-order valence-electron chi connectivity index (χ2n) is 5.62. The first-order valence-corrected chi connectivity index (χ1v) is 8.69. The molecule has 2 nitrogen and oxygen atoms in total. The average Bonchev–Trinajstić information content (AvgIpc) is 2.45. The van der Waals surface area contributed by atoms with E-state index in [1.54, 1.807) is 0 Å². The lowest BCUT2D eigenvalue weighted by Crippen LogP contribution is -2.38. The highest BCUT2D eigenvalue weighted by atomic mass is 15.2. The topological polar surface area (TPSA) is 6.48 Å². The Morgan fingerprint density at radius 2 is 1.26 bits per heavy atom. The van der Waals surface area contributed by atoms with E-state index in [4.69, 9.17) is 0 Å². The summed E-state index contributed by atoms with van der Waals surface area (Å²) in [7, 11) is 0. The Morgan fingerprint density at radius 3 is 1.63 bits per heavy atom. The second kappa shape index (κ2) is 12.9. The smallest absolute Gasteiger partial charge is 0.0105 e. The fourth-order valence-corrected chi connectivity index (χ4v) is 2.82. The third kappa shape index (κ3) is 8.65. The van der Waals surface area contributed by atoms with Crippen LogP contribution >= 0.6 is 0 Å². The first-order chi connectivity index (χ1) is 9.23. The summed E-state index contributed by atoms with van der Waals surface area (Å²) in [5.41, 5.74) is 0. The number of rotatable bonds is 13. The maximum Gasteiger partial charge on any atom is 0.0105 e. The maximum atomic E-state index is 2.69. The Bertz CT molecular complexity index is 170. The van der Waals surface area contributed by atoms with Gasteiger partial charge in [0.15, 0.2) is 0 Å². The largest absolute Gasteiger partial charge is 0.303 e. The van der Waals surface area contributed by atoms with Gasteiger partial charge in [0.1, 0.15) is 0 Å². The molecule has 2 heteroatoms. The van der Waals surface area contributed by atoms with E-state index in [1.807, 2.05) is 0 Å². The number of hydrogen-bond donors (Lipinski definition) is 0. The summed E-state index contributed by atoms with van der Waals surface area (Å²) in [6, 6.07) is 0.778. The lowest BCUT2D eigenvalue weighted by atomic mass is 10.1. The Balaban J connectivity index is 4.16. The van der Waals surface area contributed by atoms with Crippen LogP contribution in [0.1, 0.15) is 73.1 Å². The van der Waals surface area contributed by atoms with Gasteiger partial charge in [-0.1, -0.05) is 47.5 Å². The molecule has 0 amide bonds. The Hall–Kier alpha value is -0.0800. The average molecular weight is 271 g/mol. The molecule has 0 spiro atoms. The van der Waals surface area contributed by atoms with Crippen LogP contribution in [0.25, 0.3) is 0 Å². The molecule has 0 saturated heterocycles. The van der Waals surface area contributed by atoms with Crippen molar-refractivity contribution in [1.29, 1.82) is 0 Å². The highest BCUT2D eigenvalue weighted by Crippen LogP contribution is 2.10. The van der Waals surface area contributed by atoms with Crippen molar-refractivity contribution in [2.75, 3.05) is 32.7 Å². The molecule has 19 heavy (non-hydrogen) atoms. The molecule has 0 bridgehead atoms. The first-order valence-electron chi connectivity index (χ1n) is 8.69. The van der Waals surface area contributed by atoms with Gasteiger partial charge < -0.3 is 9.80 Å². The summed E-state index contributed by atoms with van der Waals surface area (Å²) in [6.45, 7) is 17.8. The molecule has 0 aromatic carbocycles. The van der Waals surface area contributed by atoms with E-state index in [-0.39, 0.29) is 0 Å². The van der Waals surface area contributed by atoms with Crippen molar-refractivity contribution in [2.45, 2.75) is 79.2 Å². The van der Waals surface area contributed by atoms with Crippen molar-refractivity contribution in [3.05, 3.63) is 0 Å². The minimum atomic E-state index is 0.778. The Morgan fingerprint density at radius 1 is 0.737 bits per heavy atom. The van der Waals surface area contributed by atoms with Crippen molar-refractivity contribution in [1.82, 2.24) is 9.80 Å². The maximum absolute atomic E-state index is 2.69. The minimum Gasteiger partial charge on any atom is -0.303 e. The van der Waals surface area contributed by atoms with E-state index in [2.05, 4.69) is 44.4 Å². The SMILES string of the molecule is CCCCN(CCCC)CCC(CC)N(CC)CC. The summed E-state index contributed by atoms with van der Waals surface area (Å²) < 4.78 is 0. The summed E-state index contributed by atoms with van der Waals surface area (Å²) in [4.78, 5) is 5.32. The zero-order valence-corrected chi connectivity index (χ0v) is 14.2. The highest BCUT2D eigenvalue weighted by Gasteiger charge is 2.14. The third-order valence-electron chi connectivity index (χ3n) is 4.23. The van der Waals surface area contributed by atoms with Gasteiger partial charge in [0.05, 0.1) is 0 Å². The van der Waals surface area contributed by atoms with Crippen LogP contribution in [-0.4, -0.2) is 48.6 Å². The fraction of sp³-hybridized carbons (Fsp3) is 1.00. The van der Waals surface area contributed by atoms with Crippen molar-refractivity contribution >= 4 is 0 Å². The summed E-state index contributed by atoms with van der Waals surface area (Å²) >= 11 is 0. The van der Waals surface area contributed by atoms with Gasteiger partial charge in [-0.2, -0.15) is 0 Å². The minimum absolute atomic E-state index is 0.778. The van der Waals surface area contributed by atoms with Gasteiger partial charge in [-0.15, -0.1) is 0 Å². The molecule has 0 saturated carbocycles. The van der Waals surface area contributed by atoms with E-state index < -0.39 is 0 Å². The van der Waals surface area contributed by atoms with Crippen LogP contribution in [0.2, 0.25) is 0 Å². The van der Waals surface area contributed by atoms with Crippen molar-refractivity contribution in [2.24, 2.45) is 0 Å². The molecular weight excluding hydrogens is 232 g/mol. The molecule has 1 unspecified atom stereocenters. The van der Waals surface area contributed by atoms with Gasteiger partial charge in [-0.3, -0.25) is 0 Å². The molecule has 0 radical (unpaired) electrons. The molecule has 0 N–H and O–H groups in total. The molecule has 0 aromatic rings. The van der Waals surface area contributed by atoms with E-state index >= 15 is 0 Å². The van der Waals surface area contributed by atoms with Crippen LogP contribution in [0.5, 0.6) is 0 Å². The summed E-state index contributed by atoms with van der Waals surface area (Å²) in [6.07, 6.45) is 7.96. The third-order valence-corrected chi connectivity index (χ3v) is 4.23. The molecule has 0 heterocycles. The number of hydrogen-bond acceptors (Lipinski definition) is 2. The van der Waals surface area contributed by atoms with Gasteiger partial charge in [0.25, 0.3) is 0 Å². The molecule has 116 valence electrons. The summed E-state index contributed by atoms with van der Waals surface area (Å²) in [5, 5.41) is 0. The molecule has 0 aromatic heterocycles. The van der Waals surface area contributed by atoms with Crippen LogP contribution in [-0.2, 0) is 0 Å². The lowest BCUT2D eigenvalue weighted by molar-refractivity contribution is 0.170. The van der Waals surface area contributed by atoms with Crippen molar-refractivity contribution in [3.63, 3.8) is 0 Å². The first kappa shape index (κ1) is 18.9. The van der Waals surface area contributed by atoms with Gasteiger partial charge in [-0.05, 0) is 58.4 Å². The molecular formula is C17H38N2. The van der Waals surface area contributed by atoms with Gasteiger partial charge in [-0.25, -0.2) is 0 Å². The van der Waals surface area contributed by atoms with Gasteiger partial charge >= 0.3 is 0 Å². The number of unbranched alkanes of at least 4 members (excludes halogenated alkanes) is 2. The van der Waals surface area contributed by atoms with E-state index in [0.29, 0.717) is 0 Å². The van der Waals surface area contributed by atoms with Gasteiger partial charge in [0, 0.05) is 6.04 Å². The van der Waals surface area contributed by atoms with E-state index in [9.17, 15) is 0 Å². The number of nitrogens with zero attached hydrogens (tertiary/aromatic N) is 2. The zero-order valence-electron chi connectivity index (χ0n) is 14.2. The predicted molar refractivity (Wildman–Crippen MR) is 87.9 cm³/mol. The molecule has 1 atom stereocenters.